The van der Waals surface area contributed by atoms with Gasteiger partial charge < -0.3 is 10.1 Å². The van der Waals surface area contributed by atoms with Crippen molar-refractivity contribution in [2.45, 2.75) is 0 Å². The molecule has 0 saturated carbocycles. The topological polar surface area (TPSA) is 21.3 Å². The van der Waals surface area contributed by atoms with Gasteiger partial charge in [-0.25, -0.2) is 0 Å². The van der Waals surface area contributed by atoms with E-state index in [2.05, 4.69) is 11.4 Å². The third-order valence-corrected chi connectivity index (χ3v) is 2.29. The monoisotopic (exact) mass is 225 g/mol. The number of methoxy groups -OCH3 is 1. The Labute approximate surface area is 95.9 Å². The van der Waals surface area contributed by atoms with Crippen LogP contribution >= 0.6 is 11.6 Å². The minimum atomic E-state index is 0.736. The van der Waals surface area contributed by atoms with E-state index in [0.29, 0.717) is 0 Å². The number of benzene rings is 1. The van der Waals surface area contributed by atoms with Crippen molar-refractivity contribution in [1.29, 1.82) is 0 Å². The van der Waals surface area contributed by atoms with Crippen LogP contribution in [0, 0.1) is 0 Å². The molecular weight excluding hydrogens is 210 g/mol. The van der Waals surface area contributed by atoms with E-state index >= 15 is 0 Å². The van der Waals surface area contributed by atoms with Crippen molar-refractivity contribution >= 4 is 17.7 Å². The van der Waals surface area contributed by atoms with Crippen molar-refractivity contribution in [3.63, 3.8) is 0 Å². The molecule has 0 spiro atoms. The molecule has 1 rings (SSSR count). The molecular formula is C12H16ClNO. The van der Waals surface area contributed by atoms with Gasteiger partial charge in [0.05, 0.1) is 6.61 Å². The Kier molecular flexibility index (Phi) is 6.09. The summed E-state index contributed by atoms with van der Waals surface area (Å²) in [6, 6.07) is 7.79. The third kappa shape index (κ3) is 4.98. The van der Waals surface area contributed by atoms with Crippen LogP contribution in [0.3, 0.4) is 0 Å². The van der Waals surface area contributed by atoms with E-state index in [-0.39, 0.29) is 0 Å². The minimum Gasteiger partial charge on any atom is -0.383 e. The molecule has 1 aromatic rings. The second kappa shape index (κ2) is 7.46. The Morgan fingerprint density at radius 1 is 1.40 bits per heavy atom. The van der Waals surface area contributed by atoms with Crippen molar-refractivity contribution in [2.24, 2.45) is 0 Å². The lowest BCUT2D eigenvalue weighted by Gasteiger charge is -1.99. The van der Waals surface area contributed by atoms with Crippen molar-refractivity contribution < 1.29 is 4.74 Å². The predicted molar refractivity (Wildman–Crippen MR) is 65.2 cm³/mol. The highest BCUT2D eigenvalue weighted by Crippen LogP contribution is 2.15. The Hall–Kier alpha value is -0.830. The van der Waals surface area contributed by atoms with Crippen LogP contribution in [0.5, 0.6) is 0 Å². The van der Waals surface area contributed by atoms with Crippen LogP contribution < -0.4 is 5.32 Å². The van der Waals surface area contributed by atoms with Gasteiger partial charge in [-0.2, -0.15) is 0 Å². The lowest BCUT2D eigenvalue weighted by atomic mass is 10.2. The summed E-state index contributed by atoms with van der Waals surface area (Å²) in [5.74, 6) is 0. The first-order valence-electron chi connectivity index (χ1n) is 4.95. The maximum atomic E-state index is 6.00. The highest BCUT2D eigenvalue weighted by Gasteiger charge is 1.91. The molecule has 0 atom stereocenters. The quantitative estimate of drug-likeness (QED) is 0.752. The van der Waals surface area contributed by atoms with Crippen LogP contribution in [-0.2, 0) is 4.74 Å². The first-order chi connectivity index (χ1) is 7.34. The number of halogens is 1. The van der Waals surface area contributed by atoms with Gasteiger partial charge in [0.25, 0.3) is 0 Å². The van der Waals surface area contributed by atoms with Gasteiger partial charge in [-0.05, 0) is 11.6 Å². The second-order valence-corrected chi connectivity index (χ2v) is 3.53. The number of rotatable bonds is 6. The van der Waals surface area contributed by atoms with Crippen molar-refractivity contribution in [3.05, 3.63) is 40.9 Å². The van der Waals surface area contributed by atoms with Crippen LogP contribution in [0.4, 0.5) is 0 Å². The molecule has 82 valence electrons. The summed E-state index contributed by atoms with van der Waals surface area (Å²) in [6.45, 7) is 2.43. The molecule has 0 bridgehead atoms. The van der Waals surface area contributed by atoms with Gasteiger partial charge in [-0.1, -0.05) is 42.0 Å². The van der Waals surface area contributed by atoms with Gasteiger partial charge >= 0.3 is 0 Å². The van der Waals surface area contributed by atoms with Crippen LogP contribution in [0.25, 0.3) is 6.08 Å². The van der Waals surface area contributed by atoms with Crippen molar-refractivity contribution in [1.82, 2.24) is 5.32 Å². The normalized spacial score (nSPS) is 11.1. The van der Waals surface area contributed by atoms with Crippen LogP contribution in [0.1, 0.15) is 5.56 Å². The van der Waals surface area contributed by atoms with E-state index in [4.69, 9.17) is 16.3 Å². The van der Waals surface area contributed by atoms with Gasteiger partial charge in [-0.3, -0.25) is 0 Å². The molecule has 0 fully saturated rings. The van der Waals surface area contributed by atoms with Crippen molar-refractivity contribution in [3.8, 4) is 0 Å². The third-order valence-electron chi connectivity index (χ3n) is 1.95. The molecule has 0 aromatic heterocycles. The minimum absolute atomic E-state index is 0.736. The average molecular weight is 226 g/mol. The zero-order valence-electron chi connectivity index (χ0n) is 8.87. The van der Waals surface area contributed by atoms with Gasteiger partial charge in [0.1, 0.15) is 0 Å². The number of hydrogen-bond acceptors (Lipinski definition) is 2. The van der Waals surface area contributed by atoms with E-state index in [1.54, 1.807) is 7.11 Å². The van der Waals surface area contributed by atoms with E-state index in [1.807, 2.05) is 30.3 Å². The van der Waals surface area contributed by atoms with Gasteiger partial charge in [-0.15, -0.1) is 0 Å². The Balaban J connectivity index is 2.29. The zero-order chi connectivity index (χ0) is 10.9. The molecule has 0 unspecified atom stereocenters. The lowest BCUT2D eigenvalue weighted by molar-refractivity contribution is 0.200. The summed E-state index contributed by atoms with van der Waals surface area (Å²) < 4.78 is 4.92. The molecule has 15 heavy (non-hydrogen) atoms. The first-order valence-corrected chi connectivity index (χ1v) is 5.33. The molecule has 1 aromatic carbocycles. The molecule has 0 saturated heterocycles. The summed E-state index contributed by atoms with van der Waals surface area (Å²) in [7, 11) is 1.70. The standard InChI is InChI=1S/C12H16ClNO/c1-15-10-9-14-8-4-6-11-5-2-3-7-12(11)13/h2-7,14H,8-10H2,1H3. The highest BCUT2D eigenvalue weighted by atomic mass is 35.5. The maximum Gasteiger partial charge on any atom is 0.0587 e. The number of nitrogens with one attached hydrogen (secondary N) is 1. The molecule has 0 heterocycles. The Bertz CT molecular complexity index is 312. The fourth-order valence-corrected chi connectivity index (χ4v) is 1.35. The molecule has 0 aliphatic heterocycles. The Morgan fingerprint density at radius 2 is 2.20 bits per heavy atom. The van der Waals surface area contributed by atoms with Crippen LogP contribution in [0.15, 0.2) is 30.3 Å². The number of hydrogen-bond donors (Lipinski definition) is 1. The van der Waals surface area contributed by atoms with E-state index in [0.717, 1.165) is 30.3 Å². The summed E-state index contributed by atoms with van der Waals surface area (Å²) in [5.41, 5.74) is 1.05. The summed E-state index contributed by atoms with van der Waals surface area (Å²) in [6.07, 6.45) is 4.07. The molecule has 3 heteroatoms. The smallest absolute Gasteiger partial charge is 0.0587 e. The summed E-state index contributed by atoms with van der Waals surface area (Å²) in [5, 5.41) is 4.00. The van der Waals surface area contributed by atoms with Gasteiger partial charge in [0.2, 0.25) is 0 Å². The van der Waals surface area contributed by atoms with Gasteiger partial charge in [0, 0.05) is 25.2 Å². The zero-order valence-corrected chi connectivity index (χ0v) is 9.63. The Morgan fingerprint density at radius 3 is 2.93 bits per heavy atom. The molecule has 0 radical (unpaired) electrons. The predicted octanol–water partition coefficient (Wildman–Crippen LogP) is 2.59. The highest BCUT2D eigenvalue weighted by molar-refractivity contribution is 6.32. The van der Waals surface area contributed by atoms with E-state index in [9.17, 15) is 0 Å². The molecule has 0 aliphatic rings. The van der Waals surface area contributed by atoms with Crippen LogP contribution in [-0.4, -0.2) is 26.8 Å². The maximum absolute atomic E-state index is 6.00. The average Bonchev–Trinajstić information content (AvgIpc) is 2.25. The molecule has 2 nitrogen and oxygen atoms in total. The number of ether oxygens (including phenoxy) is 1. The molecule has 0 aliphatic carbocycles. The van der Waals surface area contributed by atoms with E-state index < -0.39 is 0 Å². The summed E-state index contributed by atoms with van der Waals surface area (Å²) in [4.78, 5) is 0. The van der Waals surface area contributed by atoms with Gasteiger partial charge in [0.15, 0.2) is 0 Å². The second-order valence-electron chi connectivity index (χ2n) is 3.12. The first kappa shape index (κ1) is 12.2. The largest absolute Gasteiger partial charge is 0.383 e. The van der Waals surface area contributed by atoms with Crippen LogP contribution in [0.2, 0.25) is 5.02 Å². The fraction of sp³-hybridized carbons (Fsp3) is 0.333. The SMILES string of the molecule is COCCNCC=Cc1ccccc1Cl. The summed E-state index contributed by atoms with van der Waals surface area (Å²) >= 11 is 6.00. The molecule has 1 N–H and O–H groups in total. The lowest BCUT2D eigenvalue weighted by Crippen LogP contribution is -2.18. The fourth-order valence-electron chi connectivity index (χ4n) is 1.16. The molecule has 0 amide bonds. The van der Waals surface area contributed by atoms with E-state index in [1.165, 1.54) is 0 Å². The van der Waals surface area contributed by atoms with Crippen molar-refractivity contribution in [2.75, 3.05) is 26.8 Å².